The molecule has 0 radical (unpaired) electrons. The van der Waals surface area contributed by atoms with Gasteiger partial charge in [-0.15, -0.1) is 0 Å². The lowest BCUT2D eigenvalue weighted by Crippen LogP contribution is -2.59. The molecule has 1 aliphatic carbocycles. The predicted octanol–water partition coefficient (Wildman–Crippen LogP) is 1.29. The molecule has 1 spiro atoms. The number of allylic oxidation sites excluding steroid dienone is 2. The standard InChI is InChI=1S/C20H23N3O4/c1-22-17(21)23(2)20(12-14-4-6-16(26-3)7-5-14)19(22,25)13-18(27-20)10-8-15(24)9-11-18/h4-11,21,25H,12-13H2,1-3H3/t19-,20-/m0/s1. The molecule has 1 aromatic carbocycles. The third-order valence-electron chi connectivity index (χ3n) is 5.90. The maximum absolute atomic E-state index is 11.7. The summed E-state index contributed by atoms with van der Waals surface area (Å²) in [4.78, 5) is 14.8. The molecule has 1 aromatic rings. The van der Waals surface area contributed by atoms with Crippen LogP contribution in [0.4, 0.5) is 0 Å². The number of fused-ring (bicyclic) bond motifs is 1. The molecule has 4 rings (SSSR count). The van der Waals surface area contributed by atoms with Crippen LogP contribution in [0.15, 0.2) is 48.6 Å². The Bertz CT molecular complexity index is 846. The molecular weight excluding hydrogens is 346 g/mol. The van der Waals surface area contributed by atoms with Crippen molar-refractivity contribution in [3.63, 3.8) is 0 Å². The van der Waals surface area contributed by atoms with Gasteiger partial charge >= 0.3 is 0 Å². The molecular formula is C20H23N3O4. The Labute approximate surface area is 158 Å². The summed E-state index contributed by atoms with van der Waals surface area (Å²) in [6, 6.07) is 7.57. The molecule has 2 N–H and O–H groups in total. The summed E-state index contributed by atoms with van der Waals surface area (Å²) in [7, 11) is 5.06. The molecule has 3 aliphatic rings. The van der Waals surface area contributed by atoms with Gasteiger partial charge in [-0.25, -0.2) is 0 Å². The van der Waals surface area contributed by atoms with Crippen LogP contribution in [0.25, 0.3) is 0 Å². The van der Waals surface area contributed by atoms with Crippen molar-refractivity contribution < 1.29 is 19.4 Å². The predicted molar refractivity (Wildman–Crippen MR) is 99.4 cm³/mol. The van der Waals surface area contributed by atoms with Crippen LogP contribution in [-0.4, -0.2) is 64.9 Å². The molecule has 0 saturated carbocycles. The van der Waals surface area contributed by atoms with E-state index in [4.69, 9.17) is 14.9 Å². The highest BCUT2D eigenvalue weighted by molar-refractivity contribution is 6.00. The lowest BCUT2D eigenvalue weighted by atomic mass is 9.86. The number of ether oxygens (including phenoxy) is 2. The minimum Gasteiger partial charge on any atom is -0.497 e. The summed E-state index contributed by atoms with van der Waals surface area (Å²) in [6.07, 6.45) is 6.93. The third kappa shape index (κ3) is 2.35. The number of ketones is 1. The summed E-state index contributed by atoms with van der Waals surface area (Å²) >= 11 is 0. The zero-order valence-electron chi connectivity index (χ0n) is 15.6. The summed E-state index contributed by atoms with van der Waals surface area (Å²) in [5, 5.41) is 20.1. The van der Waals surface area contributed by atoms with Crippen LogP contribution in [0, 0.1) is 5.41 Å². The summed E-state index contributed by atoms with van der Waals surface area (Å²) in [5.74, 6) is 0.823. The minimum atomic E-state index is -1.42. The van der Waals surface area contributed by atoms with Gasteiger partial charge in [0, 0.05) is 26.9 Å². The SMILES string of the molecule is COc1ccc(C[C@]23OC4(C=CC(=O)C=C4)C[C@@]2(O)N(C)C(=N)N3C)cc1. The van der Waals surface area contributed by atoms with E-state index in [-0.39, 0.29) is 18.2 Å². The first-order valence-electron chi connectivity index (χ1n) is 8.79. The molecule has 2 heterocycles. The lowest BCUT2D eigenvalue weighted by molar-refractivity contribution is -0.202. The van der Waals surface area contributed by atoms with Crippen molar-refractivity contribution in [3.05, 3.63) is 54.1 Å². The average molecular weight is 369 g/mol. The minimum absolute atomic E-state index is 0.105. The lowest BCUT2D eigenvalue weighted by Gasteiger charge is -2.39. The second-order valence-corrected chi connectivity index (χ2v) is 7.37. The van der Waals surface area contributed by atoms with Crippen LogP contribution >= 0.6 is 0 Å². The molecule has 7 heteroatoms. The Morgan fingerprint density at radius 2 is 1.81 bits per heavy atom. The van der Waals surface area contributed by atoms with E-state index in [0.717, 1.165) is 11.3 Å². The average Bonchev–Trinajstić information content (AvgIpc) is 2.98. The van der Waals surface area contributed by atoms with Gasteiger partial charge in [-0.1, -0.05) is 12.1 Å². The van der Waals surface area contributed by atoms with E-state index in [9.17, 15) is 9.90 Å². The van der Waals surface area contributed by atoms with E-state index >= 15 is 0 Å². The number of aliphatic hydroxyl groups is 1. The highest BCUT2D eigenvalue weighted by Crippen LogP contribution is 2.55. The van der Waals surface area contributed by atoms with E-state index in [1.54, 1.807) is 43.2 Å². The van der Waals surface area contributed by atoms with E-state index in [1.807, 2.05) is 24.3 Å². The van der Waals surface area contributed by atoms with Gasteiger partial charge in [0.2, 0.25) is 0 Å². The topological polar surface area (TPSA) is 86.1 Å². The first-order chi connectivity index (χ1) is 12.8. The Morgan fingerprint density at radius 1 is 1.19 bits per heavy atom. The third-order valence-corrected chi connectivity index (χ3v) is 5.90. The Kier molecular flexibility index (Phi) is 3.73. The summed E-state index contributed by atoms with van der Waals surface area (Å²) < 4.78 is 11.7. The monoisotopic (exact) mass is 369 g/mol. The second-order valence-electron chi connectivity index (χ2n) is 7.37. The molecule has 142 valence electrons. The number of likely N-dealkylation sites (N-methyl/N-ethyl adjacent to an activating group) is 2. The van der Waals surface area contributed by atoms with Gasteiger partial charge < -0.3 is 24.4 Å². The number of carbonyl (C=O) groups excluding carboxylic acids is 1. The quantitative estimate of drug-likeness (QED) is 0.835. The zero-order valence-corrected chi connectivity index (χ0v) is 15.6. The first kappa shape index (κ1) is 17.8. The van der Waals surface area contributed by atoms with Crippen molar-refractivity contribution in [2.75, 3.05) is 21.2 Å². The number of carbonyl (C=O) groups is 1. The fraction of sp³-hybridized carbons (Fsp3) is 0.400. The van der Waals surface area contributed by atoms with Gasteiger partial charge in [-0.05, 0) is 42.0 Å². The van der Waals surface area contributed by atoms with Crippen LogP contribution in [0.1, 0.15) is 12.0 Å². The van der Waals surface area contributed by atoms with Gasteiger partial charge in [0.25, 0.3) is 0 Å². The van der Waals surface area contributed by atoms with Crippen LogP contribution in [0.3, 0.4) is 0 Å². The van der Waals surface area contributed by atoms with E-state index in [0.29, 0.717) is 6.42 Å². The van der Waals surface area contributed by atoms with E-state index < -0.39 is 17.1 Å². The number of rotatable bonds is 3. The van der Waals surface area contributed by atoms with Crippen molar-refractivity contribution in [1.29, 1.82) is 5.41 Å². The number of nitrogens with one attached hydrogen (secondary N) is 1. The zero-order chi connectivity index (χ0) is 19.4. The Balaban J connectivity index is 1.77. The van der Waals surface area contributed by atoms with Crippen LogP contribution < -0.4 is 4.74 Å². The maximum Gasteiger partial charge on any atom is 0.198 e. The highest BCUT2D eigenvalue weighted by Gasteiger charge is 2.72. The molecule has 0 aromatic heterocycles. The smallest absolute Gasteiger partial charge is 0.198 e. The molecule has 2 aliphatic heterocycles. The number of methoxy groups -OCH3 is 1. The number of benzene rings is 1. The molecule has 27 heavy (non-hydrogen) atoms. The van der Waals surface area contributed by atoms with Gasteiger partial charge in [0.05, 0.1) is 7.11 Å². The van der Waals surface area contributed by atoms with Gasteiger partial charge in [0.15, 0.2) is 23.2 Å². The van der Waals surface area contributed by atoms with Crippen LogP contribution in [0.2, 0.25) is 0 Å². The molecule has 0 bridgehead atoms. The normalized spacial score (nSPS) is 31.1. The molecule has 2 saturated heterocycles. The largest absolute Gasteiger partial charge is 0.497 e. The Hall–Kier alpha value is -2.64. The molecule has 2 atom stereocenters. The van der Waals surface area contributed by atoms with Crippen molar-refractivity contribution in [3.8, 4) is 5.75 Å². The fourth-order valence-corrected chi connectivity index (χ4v) is 4.30. The summed E-state index contributed by atoms with van der Waals surface area (Å²) in [6.45, 7) is 0. The number of hydrogen-bond acceptors (Lipinski definition) is 5. The first-order valence-corrected chi connectivity index (χ1v) is 8.79. The Morgan fingerprint density at radius 3 is 2.41 bits per heavy atom. The van der Waals surface area contributed by atoms with Crippen molar-refractivity contribution in [1.82, 2.24) is 9.80 Å². The maximum atomic E-state index is 11.7. The number of guanidine groups is 1. The van der Waals surface area contributed by atoms with Crippen LogP contribution in [-0.2, 0) is 16.0 Å². The van der Waals surface area contributed by atoms with Crippen molar-refractivity contribution in [2.24, 2.45) is 0 Å². The van der Waals surface area contributed by atoms with Gasteiger partial charge in [-0.2, -0.15) is 0 Å². The number of hydrogen-bond donors (Lipinski definition) is 2. The van der Waals surface area contributed by atoms with Crippen LogP contribution in [0.5, 0.6) is 5.75 Å². The molecule has 0 unspecified atom stereocenters. The van der Waals surface area contributed by atoms with E-state index in [1.165, 1.54) is 12.2 Å². The summed E-state index contributed by atoms with van der Waals surface area (Å²) in [5.41, 5.74) is -2.53. The molecule has 0 amide bonds. The fourth-order valence-electron chi connectivity index (χ4n) is 4.30. The highest BCUT2D eigenvalue weighted by atomic mass is 16.6. The van der Waals surface area contributed by atoms with E-state index in [2.05, 4.69) is 0 Å². The molecule has 2 fully saturated rings. The second kappa shape index (κ2) is 5.68. The van der Waals surface area contributed by atoms with Crippen molar-refractivity contribution >= 4 is 11.7 Å². The number of nitrogens with zero attached hydrogens (tertiary/aromatic N) is 2. The van der Waals surface area contributed by atoms with Gasteiger partial charge in [-0.3, -0.25) is 10.2 Å². The van der Waals surface area contributed by atoms with Gasteiger partial charge in [0.1, 0.15) is 11.4 Å². The van der Waals surface area contributed by atoms with Crippen molar-refractivity contribution in [2.45, 2.75) is 29.9 Å². The molecule has 7 nitrogen and oxygen atoms in total.